The first-order valence-corrected chi connectivity index (χ1v) is 17.0. The van der Waals surface area contributed by atoms with E-state index in [2.05, 4.69) is 22.6 Å². The molecule has 0 aliphatic carbocycles. The van der Waals surface area contributed by atoms with Gasteiger partial charge < -0.3 is 25.0 Å². The first-order valence-electron chi connectivity index (χ1n) is 17.0. The highest BCUT2D eigenvalue weighted by Crippen LogP contribution is 2.29. The van der Waals surface area contributed by atoms with E-state index in [4.69, 9.17) is 14.5 Å². The number of rotatable bonds is 13. The summed E-state index contributed by atoms with van der Waals surface area (Å²) in [4.78, 5) is 35.1. The van der Waals surface area contributed by atoms with E-state index in [0.717, 1.165) is 58.5 Å². The molecule has 1 saturated heterocycles. The Morgan fingerprint density at radius 3 is 2.45 bits per heavy atom. The Bertz CT molecular complexity index is 1890. The van der Waals surface area contributed by atoms with E-state index in [0.29, 0.717) is 42.4 Å². The lowest BCUT2D eigenvalue weighted by Crippen LogP contribution is -2.48. The van der Waals surface area contributed by atoms with Crippen LogP contribution in [0.1, 0.15) is 46.3 Å². The third-order valence-corrected chi connectivity index (χ3v) is 9.33. The van der Waals surface area contributed by atoms with Gasteiger partial charge in [-0.05, 0) is 98.9 Å². The minimum atomic E-state index is -0.788. The number of hydrogen-bond acceptors (Lipinski definition) is 6. The summed E-state index contributed by atoms with van der Waals surface area (Å²) in [6.07, 6.45) is 3.51. The van der Waals surface area contributed by atoms with Crippen molar-refractivity contribution in [1.82, 2.24) is 20.5 Å². The molecule has 0 bridgehead atoms. The highest BCUT2D eigenvalue weighted by molar-refractivity contribution is 6.08. The van der Waals surface area contributed by atoms with Crippen LogP contribution in [0.4, 0.5) is 0 Å². The fraction of sp³-hybridized carbons (Fsp3) is 0.293. The zero-order valence-electron chi connectivity index (χ0n) is 28.4. The van der Waals surface area contributed by atoms with Crippen LogP contribution in [0.25, 0.3) is 22.2 Å². The minimum absolute atomic E-state index is 0.206. The Morgan fingerprint density at radius 1 is 0.939 bits per heavy atom. The van der Waals surface area contributed by atoms with E-state index in [-0.39, 0.29) is 11.8 Å². The Morgan fingerprint density at radius 2 is 1.71 bits per heavy atom. The van der Waals surface area contributed by atoms with Crippen molar-refractivity contribution in [3.8, 4) is 22.8 Å². The van der Waals surface area contributed by atoms with E-state index >= 15 is 0 Å². The lowest BCUT2D eigenvalue weighted by atomic mass is 10.0. The molecular weight excluding hydrogens is 612 g/mol. The van der Waals surface area contributed by atoms with E-state index in [1.807, 2.05) is 110 Å². The van der Waals surface area contributed by atoms with Crippen molar-refractivity contribution < 1.29 is 19.1 Å². The van der Waals surface area contributed by atoms with Crippen LogP contribution in [0.15, 0.2) is 103 Å². The molecule has 2 N–H and O–H groups in total. The number of amides is 2. The summed E-state index contributed by atoms with van der Waals surface area (Å²) in [7, 11) is 3.78. The van der Waals surface area contributed by atoms with Gasteiger partial charge in [0.25, 0.3) is 5.91 Å². The number of pyridine rings is 1. The van der Waals surface area contributed by atoms with Crippen LogP contribution in [-0.2, 0) is 17.8 Å². The van der Waals surface area contributed by atoms with Crippen LogP contribution in [-0.4, -0.2) is 61.0 Å². The van der Waals surface area contributed by atoms with Crippen LogP contribution in [0.2, 0.25) is 0 Å². The molecule has 0 radical (unpaired) electrons. The van der Waals surface area contributed by atoms with Crippen molar-refractivity contribution in [2.45, 2.75) is 51.3 Å². The topological polar surface area (TPSA) is 92.8 Å². The number of methoxy groups -OCH3 is 1. The van der Waals surface area contributed by atoms with Gasteiger partial charge in [0.05, 0.1) is 23.9 Å². The number of likely N-dealkylation sites (tertiary alicyclic amines) is 1. The van der Waals surface area contributed by atoms with E-state index in [1.165, 1.54) is 6.42 Å². The van der Waals surface area contributed by atoms with Crippen LogP contribution in [0, 0.1) is 6.92 Å². The lowest BCUT2D eigenvalue weighted by molar-refractivity contribution is -0.123. The summed E-state index contributed by atoms with van der Waals surface area (Å²) in [6.45, 7) is 4.08. The van der Waals surface area contributed by atoms with Gasteiger partial charge in [-0.2, -0.15) is 0 Å². The molecule has 1 aliphatic heterocycles. The number of carbonyl (C=O) groups excluding carboxylic acids is 2. The molecule has 2 unspecified atom stereocenters. The second kappa shape index (κ2) is 15.8. The van der Waals surface area contributed by atoms with Crippen LogP contribution in [0.3, 0.4) is 0 Å². The van der Waals surface area contributed by atoms with Crippen molar-refractivity contribution in [2.24, 2.45) is 0 Å². The Labute approximate surface area is 288 Å². The number of hydrogen-bond donors (Lipinski definition) is 2. The van der Waals surface area contributed by atoms with Crippen molar-refractivity contribution in [2.75, 3.05) is 27.2 Å². The number of nitrogens with zero attached hydrogens (tertiary/aromatic N) is 2. The molecule has 8 heteroatoms. The smallest absolute Gasteiger partial charge is 0.252 e. The second-order valence-electron chi connectivity index (χ2n) is 12.8. The third kappa shape index (κ3) is 8.45. The Kier molecular flexibility index (Phi) is 10.9. The first-order chi connectivity index (χ1) is 23.9. The highest BCUT2D eigenvalue weighted by Gasteiger charge is 2.25. The fourth-order valence-electron chi connectivity index (χ4n) is 6.52. The molecule has 0 saturated carbocycles. The van der Waals surface area contributed by atoms with Gasteiger partial charge in [-0.3, -0.25) is 9.59 Å². The van der Waals surface area contributed by atoms with Gasteiger partial charge in [-0.1, -0.05) is 60.7 Å². The van der Waals surface area contributed by atoms with Crippen LogP contribution in [0.5, 0.6) is 11.5 Å². The van der Waals surface area contributed by atoms with Crippen LogP contribution < -0.4 is 20.1 Å². The molecule has 252 valence electrons. The molecule has 1 fully saturated rings. The van der Waals surface area contributed by atoms with Gasteiger partial charge in [-0.25, -0.2) is 4.98 Å². The normalized spacial score (nSPS) is 15.1. The first kappa shape index (κ1) is 33.7. The van der Waals surface area contributed by atoms with Crippen LogP contribution >= 0.6 is 0 Å². The van der Waals surface area contributed by atoms with Crippen molar-refractivity contribution in [3.63, 3.8) is 0 Å². The molecule has 1 aromatic heterocycles. The van der Waals surface area contributed by atoms with Gasteiger partial charge in [-0.15, -0.1) is 0 Å². The van der Waals surface area contributed by atoms with E-state index in [1.54, 1.807) is 7.11 Å². The monoisotopic (exact) mass is 656 g/mol. The number of aryl methyl sites for hydroxylation is 1. The average Bonchev–Trinajstić information content (AvgIpc) is 3.54. The number of benzene rings is 4. The standard InChI is InChI=1S/C41H44N4O4/c1-28-24-31(17-20-39(28)48-3)37-26-35(34-13-7-8-14-36(34)43-37)40(46)44-38(41(47)42-22-21-32-12-9-23-45(32)2)25-29-15-18-33(19-16-29)49-27-30-10-5-4-6-11-30/h4-8,10-11,13-20,24,26,32,38H,9,12,21-23,25,27H2,1-3H3,(H,42,47)(H,44,46). The van der Waals surface area contributed by atoms with Gasteiger partial charge >= 0.3 is 0 Å². The number of para-hydroxylation sites is 1. The van der Waals surface area contributed by atoms with E-state index < -0.39 is 6.04 Å². The molecule has 49 heavy (non-hydrogen) atoms. The molecule has 0 spiro atoms. The molecule has 8 nitrogen and oxygen atoms in total. The van der Waals surface area contributed by atoms with Gasteiger partial charge in [0.2, 0.25) is 5.91 Å². The highest BCUT2D eigenvalue weighted by atomic mass is 16.5. The molecule has 2 amide bonds. The second-order valence-corrected chi connectivity index (χ2v) is 12.8. The molecule has 2 atom stereocenters. The summed E-state index contributed by atoms with van der Waals surface area (Å²) in [5.41, 5.74) is 5.68. The summed E-state index contributed by atoms with van der Waals surface area (Å²) < 4.78 is 11.4. The predicted molar refractivity (Wildman–Crippen MR) is 194 cm³/mol. The number of fused-ring (bicyclic) bond motifs is 1. The number of nitrogens with one attached hydrogen (secondary N) is 2. The zero-order chi connectivity index (χ0) is 34.2. The molecule has 5 aromatic rings. The Balaban J connectivity index is 1.23. The van der Waals surface area contributed by atoms with Crippen molar-refractivity contribution in [3.05, 3.63) is 125 Å². The summed E-state index contributed by atoms with van der Waals surface area (Å²) in [6, 6.07) is 32.6. The Hall–Kier alpha value is -5.21. The molecule has 1 aliphatic rings. The maximum Gasteiger partial charge on any atom is 0.252 e. The maximum absolute atomic E-state index is 14.1. The SMILES string of the molecule is COc1ccc(-c2cc(C(=O)NC(Cc3ccc(OCc4ccccc4)cc3)C(=O)NCCC3CCCN3C)c3ccccc3n2)cc1C. The average molecular weight is 657 g/mol. The van der Waals surface area contributed by atoms with Crippen molar-refractivity contribution >= 4 is 22.7 Å². The summed E-state index contributed by atoms with van der Waals surface area (Å²) >= 11 is 0. The van der Waals surface area contributed by atoms with Gasteiger partial charge in [0.15, 0.2) is 0 Å². The molecule has 2 heterocycles. The quantitative estimate of drug-likeness (QED) is 0.146. The number of carbonyl (C=O) groups is 2. The summed E-state index contributed by atoms with van der Waals surface area (Å²) in [5.74, 6) is 0.987. The fourth-order valence-corrected chi connectivity index (χ4v) is 6.52. The molecular formula is C41H44N4O4. The molecule has 4 aromatic carbocycles. The van der Waals surface area contributed by atoms with Gasteiger partial charge in [0.1, 0.15) is 24.1 Å². The number of ether oxygens (including phenoxy) is 2. The summed E-state index contributed by atoms with van der Waals surface area (Å²) in [5, 5.41) is 6.93. The van der Waals surface area contributed by atoms with Crippen molar-refractivity contribution in [1.29, 1.82) is 0 Å². The maximum atomic E-state index is 14.1. The largest absolute Gasteiger partial charge is 0.496 e. The molecule has 6 rings (SSSR count). The third-order valence-electron chi connectivity index (χ3n) is 9.33. The number of aromatic nitrogens is 1. The van der Waals surface area contributed by atoms with Gasteiger partial charge in [0, 0.05) is 30.0 Å². The van der Waals surface area contributed by atoms with E-state index in [9.17, 15) is 9.59 Å². The zero-order valence-corrected chi connectivity index (χ0v) is 28.4. The minimum Gasteiger partial charge on any atom is -0.496 e. The predicted octanol–water partition coefficient (Wildman–Crippen LogP) is 6.74. The lowest BCUT2D eigenvalue weighted by Gasteiger charge is -2.22.